The van der Waals surface area contributed by atoms with E-state index in [0.717, 1.165) is 6.54 Å². The van der Waals surface area contributed by atoms with Crippen molar-refractivity contribution >= 4 is 7.59 Å². The van der Waals surface area contributed by atoms with E-state index >= 15 is 0 Å². The van der Waals surface area contributed by atoms with Gasteiger partial charge >= 0.3 is 0 Å². The standard InChI is InChI=1S/C13H27N4OP/c1-14(2)19(18,15(3)4)16(5)10-6-7-11-17-12-8-9-13-17/h8-13H2,1-5H3. The third-order valence-corrected chi connectivity index (χ3v) is 6.54. The van der Waals surface area contributed by atoms with E-state index in [4.69, 9.17) is 0 Å². The lowest BCUT2D eigenvalue weighted by Gasteiger charge is -2.36. The molecule has 0 saturated carbocycles. The van der Waals surface area contributed by atoms with E-state index in [1.807, 2.05) is 39.9 Å². The lowest BCUT2D eigenvalue weighted by Crippen LogP contribution is -2.32. The maximum absolute atomic E-state index is 12.9. The summed E-state index contributed by atoms with van der Waals surface area (Å²) in [6.07, 6.45) is 2.58. The average Bonchev–Trinajstić information content (AvgIpc) is 2.85. The Labute approximate surface area is 118 Å². The van der Waals surface area contributed by atoms with Crippen molar-refractivity contribution in [1.82, 2.24) is 18.9 Å². The lowest BCUT2D eigenvalue weighted by molar-refractivity contribution is 0.372. The summed E-state index contributed by atoms with van der Waals surface area (Å²) in [5.74, 6) is 6.32. The van der Waals surface area contributed by atoms with Gasteiger partial charge in [0.05, 0.1) is 13.1 Å². The monoisotopic (exact) mass is 286 g/mol. The van der Waals surface area contributed by atoms with Gasteiger partial charge in [-0.3, -0.25) is 9.46 Å². The first-order chi connectivity index (χ1) is 8.89. The molecule has 0 N–H and O–H groups in total. The molecule has 1 rings (SSSR count). The van der Waals surface area contributed by atoms with E-state index in [1.165, 1.54) is 25.9 Å². The van der Waals surface area contributed by atoms with Crippen LogP contribution in [0.1, 0.15) is 12.8 Å². The fourth-order valence-corrected chi connectivity index (χ4v) is 4.53. The summed E-state index contributed by atoms with van der Waals surface area (Å²) >= 11 is 0. The molecule has 110 valence electrons. The van der Waals surface area contributed by atoms with E-state index in [2.05, 4.69) is 16.7 Å². The Morgan fingerprint density at radius 3 is 2.00 bits per heavy atom. The number of hydrogen-bond donors (Lipinski definition) is 0. The number of nitrogens with zero attached hydrogens (tertiary/aromatic N) is 4. The fraction of sp³-hybridized carbons (Fsp3) is 0.846. The highest BCUT2D eigenvalue weighted by molar-refractivity contribution is 7.56. The van der Waals surface area contributed by atoms with Gasteiger partial charge in [0.25, 0.3) is 7.59 Å². The van der Waals surface area contributed by atoms with Crippen molar-refractivity contribution in [3.8, 4) is 11.8 Å². The van der Waals surface area contributed by atoms with Crippen molar-refractivity contribution in [3.05, 3.63) is 0 Å². The molecule has 0 unspecified atom stereocenters. The highest BCUT2D eigenvalue weighted by Crippen LogP contribution is 2.51. The molecule has 0 aromatic heterocycles. The van der Waals surface area contributed by atoms with Gasteiger partial charge in [-0.25, -0.2) is 14.0 Å². The maximum atomic E-state index is 12.9. The highest BCUT2D eigenvalue weighted by Gasteiger charge is 2.32. The number of likely N-dealkylation sites (tertiary alicyclic amines) is 1. The van der Waals surface area contributed by atoms with Gasteiger partial charge in [0.15, 0.2) is 0 Å². The summed E-state index contributed by atoms with van der Waals surface area (Å²) in [7, 11) is 6.60. The zero-order chi connectivity index (χ0) is 14.5. The summed E-state index contributed by atoms with van der Waals surface area (Å²) in [5, 5.41) is 0. The van der Waals surface area contributed by atoms with Crippen molar-refractivity contribution in [2.45, 2.75) is 12.8 Å². The Bertz CT molecular complexity index is 368. The largest absolute Gasteiger partial charge is 0.292 e. The molecule has 0 bridgehead atoms. The molecule has 0 amide bonds. The number of rotatable bonds is 5. The summed E-state index contributed by atoms with van der Waals surface area (Å²) in [6.45, 7) is 3.69. The van der Waals surface area contributed by atoms with Crippen LogP contribution in [0, 0.1) is 11.8 Å². The molecule has 5 nitrogen and oxygen atoms in total. The summed E-state index contributed by atoms with van der Waals surface area (Å²) < 4.78 is 18.2. The predicted molar refractivity (Wildman–Crippen MR) is 81.1 cm³/mol. The molecule has 19 heavy (non-hydrogen) atoms. The Kier molecular flexibility index (Phi) is 6.52. The van der Waals surface area contributed by atoms with Crippen LogP contribution in [-0.4, -0.2) is 80.3 Å². The molecule has 0 aromatic rings. The van der Waals surface area contributed by atoms with Crippen molar-refractivity contribution in [2.75, 3.05) is 61.4 Å². The van der Waals surface area contributed by atoms with Crippen LogP contribution in [0.25, 0.3) is 0 Å². The van der Waals surface area contributed by atoms with Crippen LogP contribution in [-0.2, 0) is 4.57 Å². The van der Waals surface area contributed by atoms with E-state index in [1.54, 1.807) is 9.34 Å². The van der Waals surface area contributed by atoms with Gasteiger partial charge in [-0.15, -0.1) is 0 Å². The molecule has 0 aliphatic carbocycles. The molecule has 0 aromatic carbocycles. The summed E-state index contributed by atoms with van der Waals surface area (Å²) in [4.78, 5) is 2.37. The SMILES string of the molecule is CN(C)P(=O)(N(C)C)N(C)CC#CCN1CCCC1. The molecule has 1 heterocycles. The molecule has 6 heteroatoms. The molecule has 1 aliphatic rings. The second kappa shape index (κ2) is 7.42. The first-order valence-corrected chi connectivity index (χ1v) is 8.31. The molecule has 0 atom stereocenters. The topological polar surface area (TPSA) is 30.0 Å². The molecule has 1 aliphatic heterocycles. The van der Waals surface area contributed by atoms with Crippen LogP contribution in [0.5, 0.6) is 0 Å². The molecule has 0 spiro atoms. The van der Waals surface area contributed by atoms with Crippen LogP contribution in [0.3, 0.4) is 0 Å². The zero-order valence-electron chi connectivity index (χ0n) is 12.9. The van der Waals surface area contributed by atoms with Crippen LogP contribution >= 0.6 is 7.59 Å². The average molecular weight is 286 g/mol. The molecule has 0 radical (unpaired) electrons. The third kappa shape index (κ3) is 4.30. The van der Waals surface area contributed by atoms with Crippen molar-refractivity contribution in [2.24, 2.45) is 0 Å². The van der Waals surface area contributed by atoms with E-state index in [9.17, 15) is 4.57 Å². The van der Waals surface area contributed by atoms with Crippen LogP contribution in [0.2, 0.25) is 0 Å². The van der Waals surface area contributed by atoms with Gasteiger partial charge in [-0.2, -0.15) is 0 Å². The lowest BCUT2D eigenvalue weighted by atomic mass is 10.4. The quantitative estimate of drug-likeness (QED) is 0.560. The van der Waals surface area contributed by atoms with Gasteiger partial charge in [0, 0.05) is 0 Å². The highest BCUT2D eigenvalue weighted by atomic mass is 31.2. The summed E-state index contributed by atoms with van der Waals surface area (Å²) in [5.41, 5.74) is 0. The molecular weight excluding hydrogens is 259 g/mol. The maximum Gasteiger partial charge on any atom is 0.286 e. The van der Waals surface area contributed by atoms with E-state index in [0.29, 0.717) is 6.54 Å². The Hall–Kier alpha value is -0.370. The van der Waals surface area contributed by atoms with Crippen molar-refractivity contribution in [1.29, 1.82) is 0 Å². The van der Waals surface area contributed by atoms with Gasteiger partial charge in [0.1, 0.15) is 0 Å². The van der Waals surface area contributed by atoms with E-state index < -0.39 is 7.59 Å². The van der Waals surface area contributed by atoms with Gasteiger partial charge in [-0.05, 0) is 61.2 Å². The number of hydrogen-bond acceptors (Lipinski definition) is 2. The normalized spacial score (nSPS) is 17.3. The zero-order valence-corrected chi connectivity index (χ0v) is 13.8. The Morgan fingerprint density at radius 1 is 1.00 bits per heavy atom. The Morgan fingerprint density at radius 2 is 1.53 bits per heavy atom. The van der Waals surface area contributed by atoms with Crippen LogP contribution in [0.4, 0.5) is 0 Å². The van der Waals surface area contributed by atoms with Crippen LogP contribution < -0.4 is 0 Å². The van der Waals surface area contributed by atoms with Gasteiger partial charge < -0.3 is 0 Å². The van der Waals surface area contributed by atoms with Gasteiger partial charge in [-0.1, -0.05) is 11.8 Å². The van der Waals surface area contributed by atoms with Crippen LogP contribution in [0.15, 0.2) is 0 Å². The minimum absolute atomic E-state index is 0.529. The van der Waals surface area contributed by atoms with Crippen molar-refractivity contribution < 1.29 is 4.57 Å². The minimum atomic E-state index is -2.64. The Balaban J connectivity index is 2.51. The minimum Gasteiger partial charge on any atom is -0.292 e. The molecular formula is C13H27N4OP. The fourth-order valence-electron chi connectivity index (χ4n) is 2.34. The predicted octanol–water partition coefficient (Wildman–Crippen LogP) is 1.25. The third-order valence-electron chi connectivity index (χ3n) is 3.42. The second-order valence-electron chi connectivity index (χ2n) is 5.36. The second-order valence-corrected chi connectivity index (χ2v) is 8.67. The van der Waals surface area contributed by atoms with E-state index in [-0.39, 0.29) is 0 Å². The van der Waals surface area contributed by atoms with Crippen molar-refractivity contribution in [3.63, 3.8) is 0 Å². The molecule has 1 fully saturated rings. The first-order valence-electron chi connectivity index (χ1n) is 6.74. The summed E-state index contributed by atoms with van der Waals surface area (Å²) in [6, 6.07) is 0. The first kappa shape index (κ1) is 16.7. The smallest absolute Gasteiger partial charge is 0.286 e. The van der Waals surface area contributed by atoms with Gasteiger partial charge in [0.2, 0.25) is 0 Å². The molecule has 1 saturated heterocycles.